The Morgan fingerprint density at radius 2 is 2.00 bits per heavy atom. The van der Waals surface area contributed by atoms with Crippen molar-refractivity contribution < 1.29 is 0 Å². The zero-order valence-electron chi connectivity index (χ0n) is 9.76. The first-order valence-corrected chi connectivity index (χ1v) is 6.55. The molecule has 1 heteroatoms. The van der Waals surface area contributed by atoms with Crippen molar-refractivity contribution in [3.05, 3.63) is 0 Å². The third-order valence-electron chi connectivity index (χ3n) is 4.02. The molecule has 0 aromatic heterocycles. The Morgan fingerprint density at radius 3 is 2.57 bits per heavy atom. The Labute approximate surface area is 88.7 Å². The molecule has 2 aliphatic carbocycles. The lowest BCUT2D eigenvalue weighted by Crippen LogP contribution is -2.41. The minimum absolute atomic E-state index is 0.837. The van der Waals surface area contributed by atoms with Gasteiger partial charge in [-0.25, -0.2) is 0 Å². The van der Waals surface area contributed by atoms with Gasteiger partial charge in [0.15, 0.2) is 0 Å². The number of rotatable bonds is 4. The Balaban J connectivity index is 1.76. The van der Waals surface area contributed by atoms with Crippen LogP contribution in [-0.4, -0.2) is 12.1 Å². The summed E-state index contributed by atoms with van der Waals surface area (Å²) >= 11 is 0. The number of hydrogen-bond acceptors (Lipinski definition) is 1. The van der Waals surface area contributed by atoms with E-state index in [4.69, 9.17) is 0 Å². The molecule has 0 bridgehead atoms. The van der Waals surface area contributed by atoms with E-state index in [9.17, 15) is 0 Å². The van der Waals surface area contributed by atoms with Gasteiger partial charge >= 0.3 is 0 Å². The average Bonchev–Trinajstić information content (AvgIpc) is 2.97. The first-order valence-electron chi connectivity index (χ1n) is 6.55. The molecule has 0 aliphatic heterocycles. The van der Waals surface area contributed by atoms with Crippen molar-refractivity contribution in [2.24, 2.45) is 11.8 Å². The number of hydrogen-bond donors (Lipinski definition) is 1. The molecule has 82 valence electrons. The Morgan fingerprint density at radius 1 is 1.21 bits per heavy atom. The summed E-state index contributed by atoms with van der Waals surface area (Å²) in [7, 11) is 0. The normalized spacial score (nSPS) is 35.6. The van der Waals surface area contributed by atoms with Crippen LogP contribution in [0.3, 0.4) is 0 Å². The van der Waals surface area contributed by atoms with Crippen LogP contribution in [0.25, 0.3) is 0 Å². The van der Waals surface area contributed by atoms with Crippen LogP contribution in [0, 0.1) is 11.8 Å². The predicted molar refractivity (Wildman–Crippen MR) is 61.4 cm³/mol. The molecule has 1 nitrogen and oxygen atoms in total. The highest BCUT2D eigenvalue weighted by Gasteiger charge is 2.31. The van der Waals surface area contributed by atoms with E-state index in [0.29, 0.717) is 0 Å². The van der Waals surface area contributed by atoms with E-state index < -0.39 is 0 Å². The molecular formula is C13H25N. The smallest absolute Gasteiger partial charge is 0.00952 e. The summed E-state index contributed by atoms with van der Waals surface area (Å²) in [5.41, 5.74) is 0. The van der Waals surface area contributed by atoms with Crippen LogP contribution in [0.15, 0.2) is 0 Å². The molecule has 0 aromatic carbocycles. The minimum Gasteiger partial charge on any atom is -0.311 e. The second kappa shape index (κ2) is 4.65. The summed E-state index contributed by atoms with van der Waals surface area (Å²) in [5, 5.41) is 3.90. The maximum absolute atomic E-state index is 3.90. The molecule has 0 aromatic rings. The van der Waals surface area contributed by atoms with Crippen LogP contribution in [0.1, 0.15) is 58.8 Å². The molecule has 2 rings (SSSR count). The third kappa shape index (κ3) is 2.73. The van der Waals surface area contributed by atoms with E-state index in [1.165, 1.54) is 44.9 Å². The summed E-state index contributed by atoms with van der Waals surface area (Å²) in [4.78, 5) is 0. The molecule has 2 saturated carbocycles. The van der Waals surface area contributed by atoms with Gasteiger partial charge in [-0.3, -0.25) is 0 Å². The Hall–Kier alpha value is -0.0400. The Kier molecular flexibility index (Phi) is 3.48. The monoisotopic (exact) mass is 195 g/mol. The van der Waals surface area contributed by atoms with Gasteiger partial charge in [-0.15, -0.1) is 0 Å². The molecule has 0 radical (unpaired) electrons. The van der Waals surface area contributed by atoms with Crippen molar-refractivity contribution in [3.63, 3.8) is 0 Å². The van der Waals surface area contributed by atoms with E-state index in [0.717, 1.165) is 23.9 Å². The Bertz CT molecular complexity index is 174. The highest BCUT2D eigenvalue weighted by Crippen LogP contribution is 2.35. The summed E-state index contributed by atoms with van der Waals surface area (Å²) in [6.45, 7) is 4.74. The topological polar surface area (TPSA) is 12.0 Å². The second-order valence-electron chi connectivity index (χ2n) is 5.49. The molecular weight excluding hydrogens is 170 g/mol. The van der Waals surface area contributed by atoms with Gasteiger partial charge in [0.05, 0.1) is 0 Å². The molecule has 1 N–H and O–H groups in total. The lowest BCUT2D eigenvalue weighted by molar-refractivity contribution is 0.267. The van der Waals surface area contributed by atoms with Gasteiger partial charge in [-0.2, -0.15) is 0 Å². The maximum Gasteiger partial charge on any atom is 0.00952 e. The van der Waals surface area contributed by atoms with Gasteiger partial charge in [0.1, 0.15) is 0 Å². The van der Waals surface area contributed by atoms with Gasteiger partial charge in [0.25, 0.3) is 0 Å². The van der Waals surface area contributed by atoms with Crippen molar-refractivity contribution in [2.75, 3.05) is 0 Å². The van der Waals surface area contributed by atoms with E-state index in [-0.39, 0.29) is 0 Å². The molecule has 0 amide bonds. The largest absolute Gasteiger partial charge is 0.311 e. The lowest BCUT2D eigenvalue weighted by atomic mass is 9.86. The molecule has 0 heterocycles. The van der Waals surface area contributed by atoms with E-state index in [1.54, 1.807) is 0 Å². The first kappa shape index (κ1) is 10.5. The molecule has 0 saturated heterocycles. The zero-order chi connectivity index (χ0) is 9.97. The number of nitrogens with one attached hydrogen (secondary N) is 1. The summed E-state index contributed by atoms with van der Waals surface area (Å²) in [6.07, 6.45) is 10.0. The van der Waals surface area contributed by atoms with Gasteiger partial charge in [-0.05, 0) is 43.9 Å². The quantitative estimate of drug-likeness (QED) is 0.725. The zero-order valence-corrected chi connectivity index (χ0v) is 9.76. The van der Waals surface area contributed by atoms with Gasteiger partial charge < -0.3 is 5.32 Å². The van der Waals surface area contributed by atoms with E-state index in [2.05, 4.69) is 19.2 Å². The van der Waals surface area contributed by atoms with Crippen LogP contribution < -0.4 is 5.32 Å². The van der Waals surface area contributed by atoms with Crippen LogP contribution >= 0.6 is 0 Å². The van der Waals surface area contributed by atoms with Crippen LogP contribution in [0.5, 0.6) is 0 Å². The fraction of sp³-hybridized carbons (Fsp3) is 1.00. The third-order valence-corrected chi connectivity index (χ3v) is 4.02. The fourth-order valence-electron chi connectivity index (χ4n) is 2.97. The summed E-state index contributed by atoms with van der Waals surface area (Å²) in [5.74, 6) is 1.98. The van der Waals surface area contributed by atoms with Gasteiger partial charge in [-0.1, -0.05) is 26.7 Å². The molecule has 14 heavy (non-hydrogen) atoms. The molecule has 0 spiro atoms. The van der Waals surface area contributed by atoms with Crippen molar-refractivity contribution in [1.82, 2.24) is 5.32 Å². The molecule has 2 aliphatic rings. The summed E-state index contributed by atoms with van der Waals surface area (Å²) in [6, 6.07) is 1.68. The van der Waals surface area contributed by atoms with Crippen molar-refractivity contribution >= 4 is 0 Å². The van der Waals surface area contributed by atoms with Crippen LogP contribution in [0.2, 0.25) is 0 Å². The van der Waals surface area contributed by atoms with Crippen molar-refractivity contribution in [1.29, 1.82) is 0 Å². The predicted octanol–water partition coefficient (Wildman–Crippen LogP) is 3.34. The lowest BCUT2D eigenvalue weighted by Gasteiger charge is -2.31. The molecule has 2 fully saturated rings. The summed E-state index contributed by atoms with van der Waals surface area (Å²) < 4.78 is 0. The molecule has 3 unspecified atom stereocenters. The van der Waals surface area contributed by atoms with Gasteiger partial charge in [0, 0.05) is 12.1 Å². The fourth-order valence-corrected chi connectivity index (χ4v) is 2.97. The van der Waals surface area contributed by atoms with Crippen molar-refractivity contribution in [2.45, 2.75) is 70.9 Å². The highest BCUT2D eigenvalue weighted by atomic mass is 15.0. The standard InChI is InChI=1S/C13H25N/c1-3-13(11-7-8-11)14-12-6-4-5-10(2)9-12/h10-14H,3-9H2,1-2H3. The average molecular weight is 195 g/mol. The SMILES string of the molecule is CCC(NC1CCCC(C)C1)C1CC1. The van der Waals surface area contributed by atoms with Crippen LogP contribution in [-0.2, 0) is 0 Å². The van der Waals surface area contributed by atoms with E-state index >= 15 is 0 Å². The maximum atomic E-state index is 3.90. The molecule has 3 atom stereocenters. The second-order valence-corrected chi connectivity index (χ2v) is 5.49. The minimum atomic E-state index is 0.837. The van der Waals surface area contributed by atoms with Crippen LogP contribution in [0.4, 0.5) is 0 Å². The van der Waals surface area contributed by atoms with E-state index in [1.807, 2.05) is 0 Å². The highest BCUT2D eigenvalue weighted by molar-refractivity contribution is 4.88. The van der Waals surface area contributed by atoms with Gasteiger partial charge in [0.2, 0.25) is 0 Å². The first-order chi connectivity index (χ1) is 6.79. The van der Waals surface area contributed by atoms with Crippen molar-refractivity contribution in [3.8, 4) is 0 Å².